The van der Waals surface area contributed by atoms with Crippen LogP contribution in [0.2, 0.25) is 0 Å². The molecule has 2 heterocycles. The first-order chi connectivity index (χ1) is 22.3. The van der Waals surface area contributed by atoms with Crippen molar-refractivity contribution in [2.75, 3.05) is 58.1 Å². The minimum absolute atomic E-state index is 0.0271. The fourth-order valence-electron chi connectivity index (χ4n) is 6.06. The summed E-state index contributed by atoms with van der Waals surface area (Å²) in [5.41, 5.74) is -0.864. The standard InChI is InChI=1S/C30H44FN3O11P2/c1-7-42-46(39,43-8-2)25(47(40,44-9-3)45-10-4)16-24(35)33-14-13-32(17-19(33)5)27-23(31)15-21-26(29(27)41-6)34(20-11-12-20)18-22(28(21)36)30(37)38/h15,18-20,25H,7-14,16-17H2,1-6H3,(H,37,38). The van der Waals surface area contributed by atoms with E-state index in [2.05, 4.69) is 0 Å². The van der Waals surface area contributed by atoms with Crippen LogP contribution in [0, 0.1) is 5.82 Å². The summed E-state index contributed by atoms with van der Waals surface area (Å²) in [6.07, 6.45) is 2.32. The molecule has 2 aliphatic rings. The number of carboxylic acids is 1. The van der Waals surface area contributed by atoms with E-state index in [-0.39, 0.29) is 68.9 Å². The van der Waals surface area contributed by atoms with Crippen LogP contribution in [0.5, 0.6) is 5.75 Å². The van der Waals surface area contributed by atoms with E-state index in [4.69, 9.17) is 22.8 Å². The average Bonchev–Trinajstić information content (AvgIpc) is 3.85. The van der Waals surface area contributed by atoms with Crippen LogP contribution in [0.15, 0.2) is 17.1 Å². The molecule has 1 unspecified atom stereocenters. The van der Waals surface area contributed by atoms with E-state index in [0.29, 0.717) is 5.52 Å². The quantitative estimate of drug-likeness (QED) is 0.220. The van der Waals surface area contributed by atoms with Crippen molar-refractivity contribution in [1.29, 1.82) is 0 Å². The predicted octanol–water partition coefficient (Wildman–Crippen LogP) is 5.47. The van der Waals surface area contributed by atoms with E-state index < -0.39 is 61.7 Å². The maximum atomic E-state index is 15.9. The number of hydrogen-bond acceptors (Lipinski definition) is 11. The smallest absolute Gasteiger partial charge is 0.346 e. The van der Waals surface area contributed by atoms with Gasteiger partial charge in [-0.3, -0.25) is 18.7 Å². The number of ether oxygens (including phenoxy) is 1. The molecule has 1 saturated heterocycles. The largest absolute Gasteiger partial charge is 0.492 e. The first-order valence-corrected chi connectivity index (χ1v) is 19.0. The Morgan fingerprint density at radius 2 is 1.55 bits per heavy atom. The van der Waals surface area contributed by atoms with E-state index >= 15 is 4.39 Å². The van der Waals surface area contributed by atoms with Crippen LogP contribution in [-0.2, 0) is 32.0 Å². The summed E-state index contributed by atoms with van der Waals surface area (Å²) in [7, 11) is -6.96. The summed E-state index contributed by atoms with van der Waals surface area (Å²) in [4.78, 5) is 42.0. The first kappa shape index (κ1) is 37.0. The molecule has 0 radical (unpaired) electrons. The van der Waals surface area contributed by atoms with Crippen molar-refractivity contribution in [3.63, 3.8) is 0 Å². The Morgan fingerprint density at radius 1 is 1.00 bits per heavy atom. The molecule has 1 N–H and O–H groups in total. The molecule has 2 fully saturated rings. The number of aromatic nitrogens is 1. The van der Waals surface area contributed by atoms with Crippen molar-refractivity contribution in [3.05, 3.63) is 33.9 Å². The second-order valence-electron chi connectivity index (χ2n) is 11.3. The van der Waals surface area contributed by atoms with Gasteiger partial charge in [-0.15, -0.1) is 0 Å². The maximum Gasteiger partial charge on any atom is 0.346 e. The Balaban J connectivity index is 1.68. The Bertz CT molecular complexity index is 1600. The molecule has 2 aromatic rings. The Hall–Kier alpha value is -2.80. The second-order valence-corrected chi connectivity index (χ2v) is 16.1. The lowest BCUT2D eigenvalue weighted by Gasteiger charge is -2.42. The Labute approximate surface area is 273 Å². The molecule has 0 spiro atoms. The number of carbonyl (C=O) groups excluding carboxylic acids is 1. The summed E-state index contributed by atoms with van der Waals surface area (Å²) in [5.74, 6) is -2.57. The number of hydrogen-bond donors (Lipinski definition) is 1. The summed E-state index contributed by atoms with van der Waals surface area (Å²) in [6, 6.07) is 0.485. The molecule has 47 heavy (non-hydrogen) atoms. The maximum absolute atomic E-state index is 15.9. The highest BCUT2D eigenvalue weighted by atomic mass is 31.2. The van der Waals surface area contributed by atoms with Gasteiger partial charge in [0.2, 0.25) is 11.3 Å². The highest BCUT2D eigenvalue weighted by Gasteiger charge is 2.52. The van der Waals surface area contributed by atoms with Gasteiger partial charge in [-0.1, -0.05) is 0 Å². The fraction of sp³-hybridized carbons (Fsp3) is 0.633. The third kappa shape index (κ3) is 7.45. The van der Waals surface area contributed by atoms with Crippen molar-refractivity contribution in [3.8, 4) is 5.75 Å². The number of rotatable bonds is 16. The second kappa shape index (κ2) is 15.2. The predicted molar refractivity (Wildman–Crippen MR) is 173 cm³/mol. The van der Waals surface area contributed by atoms with Crippen LogP contribution in [0.4, 0.5) is 10.1 Å². The third-order valence-electron chi connectivity index (χ3n) is 8.16. The zero-order chi connectivity index (χ0) is 34.7. The fourth-order valence-corrected chi connectivity index (χ4v) is 11.3. The molecule has 1 aromatic carbocycles. The minimum atomic E-state index is -4.16. The molecule has 1 atom stereocenters. The van der Waals surface area contributed by atoms with Crippen molar-refractivity contribution in [2.24, 2.45) is 0 Å². The van der Waals surface area contributed by atoms with Gasteiger partial charge in [0.25, 0.3) is 0 Å². The Morgan fingerprint density at radius 3 is 2.00 bits per heavy atom. The number of piperazine rings is 1. The molecule has 1 aromatic heterocycles. The van der Waals surface area contributed by atoms with Crippen LogP contribution in [-0.4, -0.2) is 91.1 Å². The summed E-state index contributed by atoms with van der Waals surface area (Å²) >= 11 is 0. The number of pyridine rings is 1. The zero-order valence-corrected chi connectivity index (χ0v) is 29.4. The average molecular weight is 704 g/mol. The van der Waals surface area contributed by atoms with E-state index in [0.717, 1.165) is 18.9 Å². The topological polar surface area (TPSA) is 163 Å². The number of nitrogens with zero attached hydrogens (tertiary/aromatic N) is 3. The zero-order valence-electron chi connectivity index (χ0n) is 27.6. The molecule has 1 amide bonds. The molecular formula is C30H44FN3O11P2. The van der Waals surface area contributed by atoms with Crippen LogP contribution in [0.25, 0.3) is 10.9 Å². The first-order valence-electron chi connectivity index (χ1n) is 15.8. The molecule has 0 bridgehead atoms. The van der Waals surface area contributed by atoms with Gasteiger partial charge in [0.1, 0.15) is 11.3 Å². The lowest BCUT2D eigenvalue weighted by molar-refractivity contribution is -0.133. The van der Waals surface area contributed by atoms with Crippen LogP contribution in [0.3, 0.4) is 0 Å². The number of carboxylic acid groups (broad SMARTS) is 1. The highest BCUT2D eigenvalue weighted by Crippen LogP contribution is 2.71. The van der Waals surface area contributed by atoms with Gasteiger partial charge < -0.3 is 42.3 Å². The van der Waals surface area contributed by atoms with Crippen molar-refractivity contribution >= 4 is 43.7 Å². The SMILES string of the molecule is CCOP(=O)(OCC)C(CC(=O)N1CCN(c2c(F)cc3c(=O)c(C(=O)O)cn(C4CC4)c3c2OC)CC1C)P(=O)(OCC)OCC. The van der Waals surface area contributed by atoms with Gasteiger partial charge in [-0.05, 0) is 53.5 Å². The Kier molecular flexibility index (Phi) is 12.0. The molecule has 4 rings (SSSR count). The van der Waals surface area contributed by atoms with Crippen molar-refractivity contribution in [2.45, 2.75) is 71.4 Å². The van der Waals surface area contributed by atoms with E-state index in [9.17, 15) is 28.6 Å². The van der Waals surface area contributed by atoms with Crippen LogP contribution >= 0.6 is 15.2 Å². The number of amides is 1. The summed E-state index contributed by atoms with van der Waals surface area (Å²) < 4.78 is 73.2. The number of halogens is 1. The van der Waals surface area contributed by atoms with Crippen LogP contribution < -0.4 is 15.1 Å². The van der Waals surface area contributed by atoms with Crippen molar-refractivity contribution in [1.82, 2.24) is 9.47 Å². The lowest BCUT2D eigenvalue weighted by atomic mass is 10.1. The number of benzene rings is 1. The van der Waals surface area contributed by atoms with Gasteiger partial charge in [0, 0.05) is 37.9 Å². The molecule has 17 heteroatoms. The third-order valence-corrected chi connectivity index (χ3v) is 14.2. The number of anilines is 1. The van der Waals surface area contributed by atoms with Gasteiger partial charge in [-0.25, -0.2) is 9.18 Å². The summed E-state index contributed by atoms with van der Waals surface area (Å²) in [5, 5.41) is 8.01. The van der Waals surface area contributed by atoms with Gasteiger partial charge >= 0.3 is 21.2 Å². The lowest BCUT2D eigenvalue weighted by Crippen LogP contribution is -2.54. The normalized spacial score (nSPS) is 17.5. The molecule has 1 aliphatic carbocycles. The number of carbonyl (C=O) groups is 2. The molecule has 262 valence electrons. The van der Waals surface area contributed by atoms with E-state index in [1.807, 2.05) is 0 Å². The summed E-state index contributed by atoms with van der Waals surface area (Å²) in [6.45, 7) is 8.49. The molecular weight excluding hydrogens is 659 g/mol. The number of methoxy groups -OCH3 is 1. The highest BCUT2D eigenvalue weighted by molar-refractivity contribution is 7.72. The van der Waals surface area contributed by atoms with Gasteiger partial charge in [-0.2, -0.15) is 0 Å². The monoisotopic (exact) mass is 703 g/mol. The minimum Gasteiger partial charge on any atom is -0.492 e. The molecule has 14 nitrogen and oxygen atoms in total. The number of fused-ring (bicyclic) bond motifs is 1. The molecule has 1 saturated carbocycles. The van der Waals surface area contributed by atoms with Crippen LogP contribution in [0.1, 0.15) is 70.3 Å². The van der Waals surface area contributed by atoms with E-state index in [1.54, 1.807) is 44.1 Å². The number of aromatic carboxylic acids is 1. The van der Waals surface area contributed by atoms with Gasteiger partial charge in [0.15, 0.2) is 17.0 Å². The van der Waals surface area contributed by atoms with Gasteiger partial charge in [0.05, 0.1) is 50.9 Å². The van der Waals surface area contributed by atoms with E-state index in [1.165, 1.54) is 18.2 Å². The molecule has 1 aliphatic heterocycles. The van der Waals surface area contributed by atoms with Crippen molar-refractivity contribution < 1.29 is 51.0 Å².